The van der Waals surface area contributed by atoms with Crippen molar-refractivity contribution in [3.63, 3.8) is 0 Å². The maximum Gasteiger partial charge on any atom is 0.242 e. The topological polar surface area (TPSA) is 52.7 Å². The molecular formula is C21H31N3O2. The Kier molecular flexibility index (Phi) is 7.06. The van der Waals surface area contributed by atoms with Crippen LogP contribution in [0.2, 0.25) is 0 Å². The second-order valence-corrected chi connectivity index (χ2v) is 7.55. The highest BCUT2D eigenvalue weighted by Crippen LogP contribution is 2.23. The van der Waals surface area contributed by atoms with Gasteiger partial charge in [-0.3, -0.25) is 14.5 Å². The Labute approximate surface area is 156 Å². The van der Waals surface area contributed by atoms with E-state index in [2.05, 4.69) is 34.5 Å². The lowest BCUT2D eigenvalue weighted by Crippen LogP contribution is -2.43. The van der Waals surface area contributed by atoms with Gasteiger partial charge in [0.2, 0.25) is 11.8 Å². The summed E-state index contributed by atoms with van der Waals surface area (Å²) in [7, 11) is 0. The highest BCUT2D eigenvalue weighted by Gasteiger charge is 2.23. The molecule has 0 bridgehead atoms. The van der Waals surface area contributed by atoms with Gasteiger partial charge in [-0.25, -0.2) is 0 Å². The minimum Gasteiger partial charge on any atom is -0.347 e. The van der Waals surface area contributed by atoms with Gasteiger partial charge in [-0.15, -0.1) is 0 Å². The van der Waals surface area contributed by atoms with Gasteiger partial charge < -0.3 is 10.2 Å². The second-order valence-electron chi connectivity index (χ2n) is 7.55. The molecule has 1 saturated heterocycles. The third kappa shape index (κ3) is 5.56. The fourth-order valence-electron chi connectivity index (χ4n) is 4.00. The normalized spacial score (nSPS) is 19.8. The molecule has 0 aromatic heterocycles. The number of hydrogen-bond donors (Lipinski definition) is 1. The zero-order chi connectivity index (χ0) is 18.2. The molecule has 0 unspecified atom stereocenters. The molecule has 0 spiro atoms. The van der Waals surface area contributed by atoms with Crippen LogP contribution in [0.3, 0.4) is 0 Å². The Hall–Kier alpha value is -1.88. The van der Waals surface area contributed by atoms with Crippen LogP contribution in [0.15, 0.2) is 30.3 Å². The summed E-state index contributed by atoms with van der Waals surface area (Å²) in [6.07, 6.45) is 6.42. The fraction of sp³-hybridized carbons (Fsp3) is 0.619. The first-order valence-corrected chi connectivity index (χ1v) is 10.0. The average Bonchev–Trinajstić information content (AvgIpc) is 2.93. The largest absolute Gasteiger partial charge is 0.347 e. The van der Waals surface area contributed by atoms with E-state index in [1.54, 1.807) is 0 Å². The molecule has 1 heterocycles. The first kappa shape index (κ1) is 18.9. The van der Waals surface area contributed by atoms with E-state index in [0.29, 0.717) is 0 Å². The van der Waals surface area contributed by atoms with Gasteiger partial charge in [-0.2, -0.15) is 0 Å². The molecule has 2 amide bonds. The molecule has 0 radical (unpaired) electrons. The van der Waals surface area contributed by atoms with Gasteiger partial charge in [0.15, 0.2) is 0 Å². The minimum absolute atomic E-state index is 0.0516. The first-order chi connectivity index (χ1) is 12.7. The van der Waals surface area contributed by atoms with Crippen molar-refractivity contribution in [2.75, 3.05) is 32.7 Å². The molecule has 3 rings (SSSR count). The number of rotatable bonds is 5. The van der Waals surface area contributed by atoms with Crippen molar-refractivity contribution in [2.24, 2.45) is 5.92 Å². The molecule has 142 valence electrons. The van der Waals surface area contributed by atoms with Crippen LogP contribution in [0.1, 0.15) is 44.1 Å². The van der Waals surface area contributed by atoms with Gasteiger partial charge in [0.1, 0.15) is 0 Å². The van der Waals surface area contributed by atoms with Crippen molar-refractivity contribution in [1.82, 2.24) is 15.1 Å². The van der Waals surface area contributed by atoms with Gasteiger partial charge in [0.05, 0.1) is 6.54 Å². The highest BCUT2D eigenvalue weighted by molar-refractivity contribution is 5.85. The summed E-state index contributed by atoms with van der Waals surface area (Å²) in [5.41, 5.74) is 1.31. The first-order valence-electron chi connectivity index (χ1n) is 10.0. The van der Waals surface area contributed by atoms with Crippen LogP contribution in [0.4, 0.5) is 0 Å². The number of amides is 2. The lowest BCUT2D eigenvalue weighted by molar-refractivity contribution is -0.134. The average molecular weight is 357 g/mol. The van der Waals surface area contributed by atoms with Crippen LogP contribution in [0.5, 0.6) is 0 Å². The minimum atomic E-state index is 0.0516. The molecule has 0 atom stereocenters. The predicted molar refractivity (Wildman–Crippen MR) is 103 cm³/mol. The Morgan fingerprint density at radius 2 is 1.69 bits per heavy atom. The van der Waals surface area contributed by atoms with Gasteiger partial charge in [-0.1, -0.05) is 49.6 Å². The Bertz CT molecular complexity index is 584. The van der Waals surface area contributed by atoms with E-state index in [9.17, 15) is 9.59 Å². The lowest BCUT2D eigenvalue weighted by atomic mass is 9.89. The van der Waals surface area contributed by atoms with Crippen LogP contribution in [0.25, 0.3) is 0 Å². The summed E-state index contributed by atoms with van der Waals surface area (Å²) < 4.78 is 0. The Morgan fingerprint density at radius 1 is 0.923 bits per heavy atom. The van der Waals surface area contributed by atoms with E-state index in [1.165, 1.54) is 12.0 Å². The van der Waals surface area contributed by atoms with Gasteiger partial charge >= 0.3 is 0 Å². The van der Waals surface area contributed by atoms with Gasteiger partial charge in [0.25, 0.3) is 0 Å². The van der Waals surface area contributed by atoms with Crippen molar-refractivity contribution >= 4 is 11.8 Å². The molecule has 1 aliphatic carbocycles. The van der Waals surface area contributed by atoms with Gasteiger partial charge in [0, 0.05) is 38.6 Å². The maximum absolute atomic E-state index is 12.5. The monoisotopic (exact) mass is 357 g/mol. The molecule has 2 aliphatic rings. The molecule has 2 fully saturated rings. The quantitative estimate of drug-likeness (QED) is 0.880. The molecule has 1 aliphatic heterocycles. The number of hydrogen-bond acceptors (Lipinski definition) is 3. The number of nitrogens with zero attached hydrogens (tertiary/aromatic N) is 2. The van der Waals surface area contributed by atoms with E-state index in [-0.39, 0.29) is 24.3 Å². The number of benzene rings is 1. The molecule has 1 aromatic carbocycles. The van der Waals surface area contributed by atoms with E-state index in [4.69, 9.17) is 0 Å². The third-order valence-electron chi connectivity index (χ3n) is 5.58. The molecule has 26 heavy (non-hydrogen) atoms. The van der Waals surface area contributed by atoms with Crippen LogP contribution in [-0.2, 0) is 16.1 Å². The van der Waals surface area contributed by atoms with Crippen molar-refractivity contribution in [3.8, 4) is 0 Å². The summed E-state index contributed by atoms with van der Waals surface area (Å²) in [5, 5.41) is 2.88. The van der Waals surface area contributed by atoms with Gasteiger partial charge in [-0.05, 0) is 24.8 Å². The molecule has 1 aromatic rings. The van der Waals surface area contributed by atoms with Crippen molar-refractivity contribution in [3.05, 3.63) is 35.9 Å². The Morgan fingerprint density at radius 3 is 2.46 bits per heavy atom. The molecular weight excluding hydrogens is 326 g/mol. The zero-order valence-electron chi connectivity index (χ0n) is 15.7. The maximum atomic E-state index is 12.5. The summed E-state index contributed by atoms with van der Waals surface area (Å²) in [5.74, 6) is 0.233. The van der Waals surface area contributed by atoms with Crippen molar-refractivity contribution < 1.29 is 9.59 Å². The fourth-order valence-corrected chi connectivity index (χ4v) is 4.00. The van der Waals surface area contributed by atoms with E-state index < -0.39 is 0 Å². The summed E-state index contributed by atoms with van der Waals surface area (Å²) in [6.45, 7) is 4.49. The number of carbonyl (C=O) groups is 2. The highest BCUT2D eigenvalue weighted by atomic mass is 16.2. The summed E-state index contributed by atoms with van der Waals surface area (Å²) >= 11 is 0. The lowest BCUT2D eigenvalue weighted by Gasteiger charge is -2.24. The van der Waals surface area contributed by atoms with E-state index >= 15 is 0 Å². The predicted octanol–water partition coefficient (Wildman–Crippen LogP) is 2.42. The second kappa shape index (κ2) is 9.72. The molecule has 5 heteroatoms. The van der Waals surface area contributed by atoms with Crippen LogP contribution in [-0.4, -0.2) is 54.3 Å². The molecule has 1 saturated carbocycles. The summed E-state index contributed by atoms with van der Waals surface area (Å²) in [6, 6.07) is 10.5. The van der Waals surface area contributed by atoms with E-state index in [0.717, 1.165) is 64.8 Å². The van der Waals surface area contributed by atoms with E-state index in [1.807, 2.05) is 11.0 Å². The number of carbonyl (C=O) groups excluding carboxylic acids is 2. The van der Waals surface area contributed by atoms with Crippen LogP contribution < -0.4 is 5.32 Å². The standard InChI is InChI=1S/C21H31N3O2/c25-20(16-22-21(26)19-10-5-2-6-11-19)24-13-7-12-23(14-15-24)17-18-8-3-1-4-9-18/h1,3-4,8-9,19H,2,5-7,10-17H2,(H,22,26). The van der Waals surface area contributed by atoms with Crippen LogP contribution in [0, 0.1) is 5.92 Å². The molecule has 5 nitrogen and oxygen atoms in total. The molecule has 1 N–H and O–H groups in total. The third-order valence-corrected chi connectivity index (χ3v) is 5.58. The smallest absolute Gasteiger partial charge is 0.242 e. The summed E-state index contributed by atoms with van der Waals surface area (Å²) in [4.78, 5) is 29.0. The zero-order valence-corrected chi connectivity index (χ0v) is 15.7. The SMILES string of the molecule is O=C(NCC(=O)N1CCCN(Cc2ccccc2)CC1)C1CCCCC1. The van der Waals surface area contributed by atoms with Crippen molar-refractivity contribution in [2.45, 2.75) is 45.1 Å². The van der Waals surface area contributed by atoms with Crippen LogP contribution >= 0.6 is 0 Å². The number of nitrogens with one attached hydrogen (secondary N) is 1. The Balaban J connectivity index is 1.41. The van der Waals surface area contributed by atoms with Crippen molar-refractivity contribution in [1.29, 1.82) is 0 Å².